The molecule has 1 aromatic heterocycles. The Balaban J connectivity index is 0.000000334. The van der Waals surface area contributed by atoms with Gasteiger partial charge in [-0.25, -0.2) is 9.78 Å². The molecular weight excluding hydrogens is 789 g/mol. The lowest BCUT2D eigenvalue weighted by atomic mass is 10.1. The number of aromatic carboxylic acids is 1. The van der Waals surface area contributed by atoms with E-state index in [0.717, 1.165) is 79.2 Å². The Bertz CT molecular complexity index is 2110. The van der Waals surface area contributed by atoms with Gasteiger partial charge in [0.2, 0.25) is 0 Å². The standard InChI is InChI=1S/C23H25N3O2.C14H20N2O.C7H7NO2.4C2H6.H2/c1-16-24-22-5-3-2-4-21(22)23(27)26(16)18-8-10-19(11-9-18)28-20-12-14-25(15-13-20)17-6-7-17;15-11-1-5-13(6-2-11)17-14-7-9-16(10-8-14)12-3-4-12;8-6-4-2-1-3-5(6)7(9)10;4*1-2;/h2-5,8-11,17,20H,6-7,12-15H2,1H3;1-2,5-6,12,14H,3-4,7-10,15H2;1-4H,8H2,(H,9,10);4*1-2H3;1H/i;;;;;;;1+1. The lowest BCUT2D eigenvalue weighted by Gasteiger charge is -2.32. The first-order chi connectivity index (χ1) is 30.7. The number of nitrogens with zero attached hydrogens (tertiary/aromatic N) is 4. The highest BCUT2D eigenvalue weighted by Crippen LogP contribution is 2.31. The zero-order chi connectivity index (χ0) is 46.3. The highest BCUT2D eigenvalue weighted by Gasteiger charge is 2.33. The molecule has 2 aliphatic carbocycles. The highest BCUT2D eigenvalue weighted by molar-refractivity contribution is 5.93. The Morgan fingerprint density at radius 2 is 1.05 bits per heavy atom. The highest BCUT2D eigenvalue weighted by atomic mass is 16.5. The fourth-order valence-electron chi connectivity index (χ4n) is 7.44. The van der Waals surface area contributed by atoms with Crippen molar-refractivity contribution in [2.45, 2.75) is 138 Å². The van der Waals surface area contributed by atoms with E-state index in [4.69, 9.17) is 26.0 Å². The molecule has 4 aromatic carbocycles. The van der Waals surface area contributed by atoms with E-state index in [0.29, 0.717) is 23.0 Å². The van der Waals surface area contributed by atoms with Gasteiger partial charge in [-0.1, -0.05) is 79.7 Å². The van der Waals surface area contributed by atoms with Crippen molar-refractivity contribution in [3.8, 4) is 17.2 Å². The Kier molecular flexibility index (Phi) is 22.8. The minimum atomic E-state index is -0.988. The first-order valence-corrected chi connectivity index (χ1v) is 23.6. The van der Waals surface area contributed by atoms with Gasteiger partial charge in [-0.2, -0.15) is 0 Å². The molecule has 9 rings (SSSR count). The maximum Gasteiger partial charge on any atom is 0.337 e. The summed E-state index contributed by atoms with van der Waals surface area (Å²) in [6, 6.07) is 31.1. The number of ether oxygens (including phenoxy) is 2. The van der Waals surface area contributed by atoms with E-state index in [2.05, 4.69) is 14.8 Å². The van der Waals surface area contributed by atoms with Crippen LogP contribution >= 0.6 is 0 Å². The summed E-state index contributed by atoms with van der Waals surface area (Å²) in [5, 5.41) is 9.12. The number of para-hydroxylation sites is 2. The van der Waals surface area contributed by atoms with E-state index in [9.17, 15) is 9.59 Å². The molecule has 11 nitrogen and oxygen atoms in total. The third kappa shape index (κ3) is 16.0. The molecule has 2 saturated heterocycles. The van der Waals surface area contributed by atoms with Crippen LogP contribution in [0.25, 0.3) is 16.6 Å². The fourth-order valence-corrected chi connectivity index (χ4v) is 7.44. The molecule has 4 fully saturated rings. The minimum absolute atomic E-state index is 0. The molecule has 0 amide bonds. The Morgan fingerprint density at radius 1 is 0.619 bits per heavy atom. The van der Waals surface area contributed by atoms with Gasteiger partial charge in [-0.15, -0.1) is 0 Å². The van der Waals surface area contributed by atoms with Gasteiger partial charge in [0.1, 0.15) is 29.5 Å². The monoisotopic (exact) mass is 868 g/mol. The van der Waals surface area contributed by atoms with Gasteiger partial charge in [0, 0.05) is 51.1 Å². The second-order valence-electron chi connectivity index (χ2n) is 14.9. The van der Waals surface area contributed by atoms with E-state index in [1.54, 1.807) is 22.8 Å². The molecular formula is C52H78N6O5. The van der Waals surface area contributed by atoms with E-state index in [1.165, 1.54) is 44.8 Å². The van der Waals surface area contributed by atoms with Crippen LogP contribution in [0.2, 0.25) is 0 Å². The number of carboxylic acids is 1. The number of hydrogen-bond donors (Lipinski definition) is 3. The van der Waals surface area contributed by atoms with Crippen LogP contribution in [0.15, 0.2) is 102 Å². The first kappa shape index (κ1) is 52.0. The van der Waals surface area contributed by atoms with Crippen LogP contribution < -0.4 is 26.5 Å². The lowest BCUT2D eigenvalue weighted by Crippen LogP contribution is -2.39. The topological polar surface area (TPSA) is 149 Å². The van der Waals surface area contributed by atoms with Crippen LogP contribution in [0.1, 0.15) is 124 Å². The summed E-state index contributed by atoms with van der Waals surface area (Å²) in [5.74, 6) is 1.51. The van der Waals surface area contributed by atoms with Gasteiger partial charge < -0.3 is 35.8 Å². The molecule has 346 valence electrons. The normalized spacial score (nSPS) is 16.1. The molecule has 3 heterocycles. The van der Waals surface area contributed by atoms with Gasteiger partial charge in [0.05, 0.1) is 22.2 Å². The van der Waals surface area contributed by atoms with Crippen molar-refractivity contribution in [2.75, 3.05) is 37.6 Å². The zero-order valence-electron chi connectivity index (χ0n) is 39.6. The SMILES string of the molecule is CC.CC.CC.CC.Cc1nc2ccccc2c(=O)n1-c1ccc(OC2CCN(C3CC3)CC2)cc1.Nc1ccc(OC2CCN(C3CC3)CC2)cc1.Nc1ccccc1C(=O)O.[2HH]. The Labute approximate surface area is 378 Å². The summed E-state index contributed by atoms with van der Waals surface area (Å²) in [6.07, 6.45) is 10.7. The molecule has 0 radical (unpaired) electrons. The van der Waals surface area contributed by atoms with Gasteiger partial charge in [0.25, 0.3) is 5.56 Å². The quantitative estimate of drug-likeness (QED) is 0.129. The number of nitrogen functional groups attached to an aromatic ring is 2. The van der Waals surface area contributed by atoms with Crippen LogP contribution in [0.3, 0.4) is 0 Å². The Morgan fingerprint density at radius 3 is 1.48 bits per heavy atom. The van der Waals surface area contributed by atoms with Crippen molar-refractivity contribution < 1.29 is 20.8 Å². The molecule has 0 atom stereocenters. The van der Waals surface area contributed by atoms with Gasteiger partial charge >= 0.3 is 5.97 Å². The van der Waals surface area contributed by atoms with E-state index in [-0.39, 0.29) is 18.7 Å². The number of rotatable bonds is 8. The van der Waals surface area contributed by atoms with Crippen LogP contribution in [-0.4, -0.2) is 80.9 Å². The molecule has 11 heteroatoms. The van der Waals surface area contributed by atoms with Gasteiger partial charge in [-0.3, -0.25) is 9.36 Å². The largest absolute Gasteiger partial charge is 0.490 e. The summed E-state index contributed by atoms with van der Waals surface area (Å²) >= 11 is 0. The molecule has 0 spiro atoms. The summed E-state index contributed by atoms with van der Waals surface area (Å²) in [6.45, 7) is 22.6. The first-order valence-electron chi connectivity index (χ1n) is 23.6. The number of fused-ring (bicyclic) bond motifs is 1. The van der Waals surface area contributed by atoms with Crippen LogP contribution in [0.5, 0.6) is 11.5 Å². The smallest absolute Gasteiger partial charge is 0.337 e. The maximum atomic E-state index is 12.9. The van der Waals surface area contributed by atoms with Crippen molar-refractivity contribution in [2.24, 2.45) is 0 Å². The third-order valence-corrected chi connectivity index (χ3v) is 10.8. The number of benzene rings is 4. The molecule has 0 bridgehead atoms. The van der Waals surface area contributed by atoms with E-state index < -0.39 is 5.97 Å². The average Bonchev–Trinajstić information content (AvgIpc) is 4.27. The molecule has 63 heavy (non-hydrogen) atoms. The molecule has 0 unspecified atom stereocenters. The summed E-state index contributed by atoms with van der Waals surface area (Å²) in [4.78, 5) is 33.1. The lowest BCUT2D eigenvalue weighted by molar-refractivity contribution is 0.0698. The number of hydrogen-bond acceptors (Lipinski definition) is 9. The molecule has 5 aromatic rings. The van der Waals surface area contributed by atoms with E-state index >= 15 is 0 Å². The Hall–Kier alpha value is -5.39. The van der Waals surface area contributed by atoms with E-state index in [1.807, 2.05) is 135 Å². The van der Waals surface area contributed by atoms with Crippen LogP contribution in [-0.2, 0) is 0 Å². The number of carbonyl (C=O) groups is 1. The van der Waals surface area contributed by atoms with Crippen molar-refractivity contribution in [3.05, 3.63) is 119 Å². The summed E-state index contributed by atoms with van der Waals surface area (Å²) < 4.78 is 13.8. The molecule has 2 aliphatic heterocycles. The number of nitrogens with two attached hydrogens (primary N) is 2. The van der Waals surface area contributed by atoms with Crippen molar-refractivity contribution in [3.63, 3.8) is 0 Å². The predicted octanol–water partition coefficient (Wildman–Crippen LogP) is 11.3. The second-order valence-corrected chi connectivity index (χ2v) is 14.9. The predicted molar refractivity (Wildman–Crippen MR) is 265 cm³/mol. The number of piperidine rings is 2. The van der Waals surface area contributed by atoms with Gasteiger partial charge in [0.15, 0.2) is 0 Å². The minimum Gasteiger partial charge on any atom is -0.490 e. The van der Waals surface area contributed by atoms with Crippen LogP contribution in [0.4, 0.5) is 11.4 Å². The van der Waals surface area contributed by atoms with Crippen LogP contribution in [0, 0.1) is 6.92 Å². The van der Waals surface area contributed by atoms with Gasteiger partial charge in [-0.05, 0) is 131 Å². The number of aryl methyl sites for hydroxylation is 1. The second kappa shape index (κ2) is 27.6. The average molecular weight is 868 g/mol. The molecule has 5 N–H and O–H groups in total. The summed E-state index contributed by atoms with van der Waals surface area (Å²) in [7, 11) is 0. The zero-order valence-corrected chi connectivity index (χ0v) is 39.6. The number of carboxylic acid groups (broad SMARTS) is 1. The summed E-state index contributed by atoms with van der Waals surface area (Å²) in [5.41, 5.74) is 13.8. The van der Waals surface area contributed by atoms with Crippen molar-refractivity contribution in [1.29, 1.82) is 0 Å². The molecule has 2 saturated carbocycles. The van der Waals surface area contributed by atoms with Crippen molar-refractivity contribution in [1.82, 2.24) is 19.4 Å². The third-order valence-electron chi connectivity index (χ3n) is 10.8. The number of likely N-dealkylation sites (tertiary alicyclic amines) is 2. The van der Waals surface area contributed by atoms with Crippen molar-refractivity contribution >= 4 is 28.2 Å². The maximum absolute atomic E-state index is 12.9. The number of anilines is 2. The number of aromatic nitrogens is 2. The molecule has 4 aliphatic rings. The fraction of sp³-hybridized carbons (Fsp3) is 0.481.